The van der Waals surface area contributed by atoms with Crippen molar-refractivity contribution in [2.45, 2.75) is 62.0 Å². The van der Waals surface area contributed by atoms with Crippen LogP contribution in [0.2, 0.25) is 0 Å². The van der Waals surface area contributed by atoms with Gasteiger partial charge < -0.3 is 14.2 Å². The molecule has 1 aliphatic carbocycles. The summed E-state index contributed by atoms with van der Waals surface area (Å²) in [7, 11) is 0.380. The average Bonchev–Trinajstić information content (AvgIpc) is 2.86. The summed E-state index contributed by atoms with van der Waals surface area (Å²) >= 11 is 0. The Morgan fingerprint density at radius 3 is 2.41 bits per heavy atom. The monoisotopic (exact) mass is 398 g/mol. The summed E-state index contributed by atoms with van der Waals surface area (Å²) < 4.78 is 33.8. The van der Waals surface area contributed by atoms with E-state index in [-0.39, 0.29) is 10.4 Å². The number of piperazine rings is 1. The van der Waals surface area contributed by atoms with Gasteiger partial charge in [-0.3, -0.25) is 4.90 Å². The molecule has 2 heterocycles. The minimum absolute atomic E-state index is 0.246. The van der Waals surface area contributed by atoms with Crippen LogP contribution in [0.1, 0.15) is 44.2 Å². The Morgan fingerprint density at radius 2 is 1.78 bits per heavy atom. The van der Waals surface area contributed by atoms with Gasteiger partial charge >= 0.3 is 0 Å². The van der Waals surface area contributed by atoms with Crippen LogP contribution >= 0.6 is 0 Å². The van der Waals surface area contributed by atoms with E-state index in [0.717, 1.165) is 76.9 Å². The molecule has 1 saturated heterocycles. The van der Waals surface area contributed by atoms with Gasteiger partial charge in [-0.15, -0.1) is 0 Å². The van der Waals surface area contributed by atoms with E-state index in [1.165, 1.54) is 0 Å². The molecule has 0 radical (unpaired) electrons. The highest BCUT2D eigenvalue weighted by Crippen LogP contribution is 2.28. The highest BCUT2D eigenvalue weighted by atomic mass is 32.2. The molecule has 3 rings (SSSR count). The van der Waals surface area contributed by atoms with E-state index in [2.05, 4.69) is 21.8 Å². The molecule has 8 heteroatoms. The second-order valence-corrected chi connectivity index (χ2v) is 10.0. The summed E-state index contributed by atoms with van der Waals surface area (Å²) in [5, 5.41) is -0.0456. The van der Waals surface area contributed by atoms with Crippen LogP contribution in [0.4, 0.5) is 0 Å². The molecule has 0 aromatic carbocycles. The van der Waals surface area contributed by atoms with E-state index in [1.54, 1.807) is 13.3 Å². The second kappa shape index (κ2) is 9.49. The molecule has 0 unspecified atom stereocenters. The predicted octanol–water partition coefficient (Wildman–Crippen LogP) is 1.77. The maximum Gasteiger partial charge on any atom is 0.228 e. The molecule has 27 heavy (non-hydrogen) atoms. The summed E-state index contributed by atoms with van der Waals surface area (Å²) in [6.07, 6.45) is 7.54. The predicted molar refractivity (Wildman–Crippen MR) is 106 cm³/mol. The maximum atomic E-state index is 13.3. The van der Waals surface area contributed by atoms with Crippen molar-refractivity contribution in [2.24, 2.45) is 0 Å². The molecule has 154 valence electrons. The van der Waals surface area contributed by atoms with E-state index in [0.29, 0.717) is 13.2 Å². The third-order valence-corrected chi connectivity index (χ3v) is 8.08. The van der Waals surface area contributed by atoms with Gasteiger partial charge in [0.1, 0.15) is 0 Å². The lowest BCUT2D eigenvalue weighted by Gasteiger charge is -2.32. The summed E-state index contributed by atoms with van der Waals surface area (Å²) in [6, 6.07) is 0. The lowest BCUT2D eigenvalue weighted by molar-refractivity contribution is 0.142. The average molecular weight is 399 g/mol. The van der Waals surface area contributed by atoms with Gasteiger partial charge in [-0.2, -0.15) is 0 Å². The van der Waals surface area contributed by atoms with Gasteiger partial charge in [-0.25, -0.2) is 13.4 Å². The van der Waals surface area contributed by atoms with Gasteiger partial charge in [0.15, 0.2) is 0 Å². The fourth-order valence-electron chi connectivity index (χ4n) is 4.10. The number of likely N-dealkylation sites (N-methyl/N-ethyl adjacent to an activating group) is 1. The minimum Gasteiger partial charge on any atom is -0.383 e. The zero-order valence-electron chi connectivity index (χ0n) is 16.8. The number of sulfone groups is 1. The Labute approximate surface area is 163 Å². The highest BCUT2D eigenvalue weighted by Gasteiger charge is 2.33. The normalized spacial score (nSPS) is 21.4. The first-order valence-electron chi connectivity index (χ1n) is 10.2. The molecule has 1 aromatic rings. The quantitative estimate of drug-likeness (QED) is 0.652. The number of imidazole rings is 1. The summed E-state index contributed by atoms with van der Waals surface area (Å²) in [6.45, 7) is 5.83. The van der Waals surface area contributed by atoms with Crippen LogP contribution < -0.4 is 0 Å². The molecule has 1 saturated carbocycles. The van der Waals surface area contributed by atoms with Gasteiger partial charge in [-0.05, 0) is 19.9 Å². The highest BCUT2D eigenvalue weighted by molar-refractivity contribution is 7.91. The van der Waals surface area contributed by atoms with Crippen LogP contribution in [0.3, 0.4) is 0 Å². The summed E-state index contributed by atoms with van der Waals surface area (Å²) in [5.41, 5.74) is 0.976. The molecular weight excluding hydrogens is 364 g/mol. The third-order valence-electron chi connectivity index (χ3n) is 5.90. The largest absolute Gasteiger partial charge is 0.383 e. The summed E-state index contributed by atoms with van der Waals surface area (Å²) in [4.78, 5) is 9.11. The smallest absolute Gasteiger partial charge is 0.228 e. The van der Waals surface area contributed by atoms with E-state index >= 15 is 0 Å². The Bertz CT molecular complexity index is 688. The van der Waals surface area contributed by atoms with Gasteiger partial charge in [-0.1, -0.05) is 25.7 Å². The molecule has 1 aliphatic heterocycles. The van der Waals surface area contributed by atoms with Crippen molar-refractivity contribution < 1.29 is 13.2 Å². The molecule has 0 spiro atoms. The van der Waals surface area contributed by atoms with Gasteiger partial charge in [0.05, 0.1) is 23.7 Å². The van der Waals surface area contributed by atoms with Crippen LogP contribution in [0.15, 0.2) is 11.4 Å². The molecular formula is C19H34N4O3S. The molecule has 7 nitrogen and oxygen atoms in total. The Morgan fingerprint density at radius 1 is 1.11 bits per heavy atom. The van der Waals surface area contributed by atoms with Crippen molar-refractivity contribution in [3.63, 3.8) is 0 Å². The number of nitrogens with zero attached hydrogens (tertiary/aromatic N) is 4. The SMILES string of the molecule is COCCn1c(CN2CCN(C)CC2)cnc1S(=O)(=O)C1CCCCCC1. The second-order valence-electron chi connectivity index (χ2n) is 7.91. The molecule has 1 aromatic heterocycles. The first kappa shape index (κ1) is 20.8. The van der Waals surface area contributed by atoms with Crippen molar-refractivity contribution in [3.8, 4) is 0 Å². The lowest BCUT2D eigenvalue weighted by Crippen LogP contribution is -2.44. The Balaban J connectivity index is 1.82. The Hall–Kier alpha value is -0.960. The fraction of sp³-hybridized carbons (Fsp3) is 0.842. The van der Waals surface area contributed by atoms with Crippen LogP contribution in [-0.2, 0) is 27.7 Å². The van der Waals surface area contributed by atoms with E-state index in [4.69, 9.17) is 4.74 Å². The van der Waals surface area contributed by atoms with Crippen LogP contribution in [0.5, 0.6) is 0 Å². The van der Waals surface area contributed by atoms with Gasteiger partial charge in [0.2, 0.25) is 15.0 Å². The Kier molecular flexibility index (Phi) is 7.30. The zero-order valence-corrected chi connectivity index (χ0v) is 17.6. The topological polar surface area (TPSA) is 67.7 Å². The van der Waals surface area contributed by atoms with Crippen molar-refractivity contribution >= 4 is 9.84 Å². The van der Waals surface area contributed by atoms with Crippen LogP contribution in [-0.4, -0.2) is 80.0 Å². The first-order chi connectivity index (χ1) is 13.0. The van der Waals surface area contributed by atoms with Crippen LogP contribution in [0.25, 0.3) is 0 Å². The lowest BCUT2D eigenvalue weighted by atomic mass is 10.2. The van der Waals surface area contributed by atoms with Crippen molar-refractivity contribution in [1.29, 1.82) is 0 Å². The number of ether oxygens (including phenoxy) is 1. The van der Waals surface area contributed by atoms with Crippen molar-refractivity contribution in [2.75, 3.05) is 46.9 Å². The zero-order chi connectivity index (χ0) is 19.3. The van der Waals surface area contributed by atoms with Crippen molar-refractivity contribution in [1.82, 2.24) is 19.4 Å². The number of aromatic nitrogens is 2. The molecule has 2 aliphatic rings. The molecule has 0 amide bonds. The number of hydrogen-bond acceptors (Lipinski definition) is 6. The maximum absolute atomic E-state index is 13.3. The van der Waals surface area contributed by atoms with E-state index < -0.39 is 9.84 Å². The van der Waals surface area contributed by atoms with Gasteiger partial charge in [0, 0.05) is 46.4 Å². The first-order valence-corrected chi connectivity index (χ1v) is 11.7. The molecule has 0 N–H and O–H groups in total. The minimum atomic E-state index is -3.41. The van der Waals surface area contributed by atoms with E-state index in [1.807, 2.05) is 4.57 Å². The van der Waals surface area contributed by atoms with Gasteiger partial charge in [0.25, 0.3) is 0 Å². The standard InChI is InChI=1S/C19H34N4O3S/c1-21-9-11-22(12-10-21)16-17-15-20-19(23(17)13-14-26-2)27(24,25)18-7-5-3-4-6-8-18/h15,18H,3-14,16H2,1-2H3. The molecule has 0 bridgehead atoms. The number of rotatable bonds is 7. The fourth-order valence-corrected chi connectivity index (χ4v) is 6.07. The van der Waals surface area contributed by atoms with Crippen LogP contribution in [0, 0.1) is 0 Å². The summed E-state index contributed by atoms with van der Waals surface area (Å²) in [5.74, 6) is 0. The molecule has 2 fully saturated rings. The number of hydrogen-bond donors (Lipinski definition) is 0. The number of methoxy groups -OCH3 is 1. The van der Waals surface area contributed by atoms with Crippen molar-refractivity contribution in [3.05, 3.63) is 11.9 Å². The van der Waals surface area contributed by atoms with E-state index in [9.17, 15) is 8.42 Å². The molecule has 0 atom stereocenters. The third kappa shape index (κ3) is 5.10.